The number of hydrogen-bond acceptors (Lipinski definition) is 3. The molecular weight excluding hydrogens is 364 g/mol. The third-order valence-corrected chi connectivity index (χ3v) is 6.33. The van der Waals surface area contributed by atoms with E-state index in [9.17, 15) is 9.59 Å². The fraction of sp³-hybridized carbons (Fsp3) is 0.450. The number of carbonyl (C=O) groups is 2. The van der Waals surface area contributed by atoms with Gasteiger partial charge in [0.1, 0.15) is 0 Å². The van der Waals surface area contributed by atoms with E-state index in [1.54, 1.807) is 30.5 Å². The van der Waals surface area contributed by atoms with Crippen molar-refractivity contribution in [1.82, 2.24) is 15.1 Å². The lowest BCUT2D eigenvalue weighted by molar-refractivity contribution is 0.0926. The predicted octanol–water partition coefficient (Wildman–Crippen LogP) is 3.04. The second-order valence-electron chi connectivity index (χ2n) is 7.60. The molecule has 0 bridgehead atoms. The van der Waals surface area contributed by atoms with Gasteiger partial charge in [0.05, 0.1) is 17.8 Å². The summed E-state index contributed by atoms with van der Waals surface area (Å²) in [5.41, 5.74) is 6.39. The van der Waals surface area contributed by atoms with Crippen molar-refractivity contribution >= 4 is 23.4 Å². The van der Waals surface area contributed by atoms with Gasteiger partial charge in [-0.25, -0.2) is 0 Å². The number of nitrogens with zero attached hydrogens (tertiary/aromatic N) is 2. The van der Waals surface area contributed by atoms with Crippen molar-refractivity contribution in [1.29, 1.82) is 0 Å². The third-order valence-electron chi connectivity index (χ3n) is 6.07. The number of aromatic nitrogens is 2. The molecule has 3 N–H and O–H groups in total. The molecule has 2 fully saturated rings. The second-order valence-corrected chi connectivity index (χ2v) is 8.04. The number of benzene rings is 1. The number of hydrogen-bond donors (Lipinski definition) is 2. The van der Waals surface area contributed by atoms with Crippen LogP contribution in [0.15, 0.2) is 36.7 Å². The average Bonchev–Trinajstić information content (AvgIpc) is 3.05. The van der Waals surface area contributed by atoms with Crippen molar-refractivity contribution < 1.29 is 9.59 Å². The Bertz CT molecular complexity index is 851. The maximum atomic E-state index is 12.5. The molecule has 0 saturated heterocycles. The van der Waals surface area contributed by atoms with Crippen LogP contribution in [0.5, 0.6) is 0 Å². The van der Waals surface area contributed by atoms with Gasteiger partial charge in [-0.2, -0.15) is 5.10 Å². The van der Waals surface area contributed by atoms with Gasteiger partial charge in [-0.1, -0.05) is 18.5 Å². The number of fused-ring (bicyclic) bond motifs is 1. The van der Waals surface area contributed by atoms with Crippen LogP contribution in [-0.2, 0) is 0 Å². The Morgan fingerprint density at radius 3 is 2.48 bits per heavy atom. The first-order valence-corrected chi connectivity index (χ1v) is 9.76. The smallest absolute Gasteiger partial charge is 0.251 e. The maximum absolute atomic E-state index is 12.5. The van der Waals surface area contributed by atoms with E-state index in [0.717, 1.165) is 19.3 Å². The van der Waals surface area contributed by atoms with Crippen molar-refractivity contribution in [3.8, 4) is 0 Å². The molecule has 4 rings (SSSR count). The lowest BCUT2D eigenvalue weighted by Crippen LogP contribution is -2.37. The van der Waals surface area contributed by atoms with E-state index in [4.69, 9.17) is 17.3 Å². The van der Waals surface area contributed by atoms with Crippen molar-refractivity contribution in [2.45, 2.75) is 38.3 Å². The van der Waals surface area contributed by atoms with Gasteiger partial charge in [0, 0.05) is 22.8 Å². The second kappa shape index (κ2) is 7.00. The first kappa shape index (κ1) is 18.0. The van der Waals surface area contributed by atoms with Gasteiger partial charge in [0.15, 0.2) is 0 Å². The van der Waals surface area contributed by atoms with Crippen LogP contribution in [-0.4, -0.2) is 27.6 Å². The zero-order valence-corrected chi connectivity index (χ0v) is 15.9. The Morgan fingerprint density at radius 1 is 1.26 bits per heavy atom. The highest BCUT2D eigenvalue weighted by atomic mass is 35.5. The Hall–Kier alpha value is -2.34. The fourth-order valence-corrected chi connectivity index (χ4v) is 4.79. The molecular formula is C20H23ClN4O2. The molecule has 2 aliphatic carbocycles. The molecule has 1 aromatic carbocycles. The van der Waals surface area contributed by atoms with Crippen LogP contribution in [0, 0.1) is 17.8 Å². The van der Waals surface area contributed by atoms with Crippen LogP contribution in [0.1, 0.15) is 52.9 Å². The van der Waals surface area contributed by atoms with Gasteiger partial charge < -0.3 is 11.1 Å². The highest BCUT2D eigenvalue weighted by molar-refractivity contribution is 6.30. The van der Waals surface area contributed by atoms with Crippen LogP contribution in [0.4, 0.5) is 0 Å². The van der Waals surface area contributed by atoms with E-state index in [0.29, 0.717) is 39.9 Å². The zero-order chi connectivity index (χ0) is 19.1. The summed E-state index contributed by atoms with van der Waals surface area (Å²) in [6.07, 6.45) is 6.25. The average molecular weight is 387 g/mol. The molecule has 7 heteroatoms. The molecule has 2 aliphatic rings. The largest absolute Gasteiger partial charge is 0.366 e. The molecule has 27 heavy (non-hydrogen) atoms. The first-order chi connectivity index (χ1) is 13.0. The highest BCUT2D eigenvalue weighted by Crippen LogP contribution is 2.62. The molecule has 0 aliphatic heterocycles. The maximum Gasteiger partial charge on any atom is 0.251 e. The van der Waals surface area contributed by atoms with Crippen molar-refractivity contribution in [3.63, 3.8) is 0 Å². The minimum absolute atomic E-state index is 0.0433. The normalized spacial score (nSPS) is 27.0. The van der Waals surface area contributed by atoms with Crippen LogP contribution in [0.2, 0.25) is 5.02 Å². The predicted molar refractivity (Wildman–Crippen MR) is 102 cm³/mol. The number of rotatable bonds is 6. The molecule has 0 radical (unpaired) electrons. The molecule has 2 aromatic rings. The summed E-state index contributed by atoms with van der Waals surface area (Å²) in [7, 11) is 0. The van der Waals surface area contributed by atoms with Crippen molar-refractivity contribution in [2.24, 2.45) is 23.5 Å². The highest BCUT2D eigenvalue weighted by Gasteiger charge is 2.59. The lowest BCUT2D eigenvalue weighted by atomic mass is 9.99. The molecule has 3 unspecified atom stereocenters. The van der Waals surface area contributed by atoms with Gasteiger partial charge in [0.25, 0.3) is 11.8 Å². The summed E-state index contributed by atoms with van der Waals surface area (Å²) in [6.45, 7) is 2.12. The Balaban J connectivity index is 1.36. The molecule has 142 valence electrons. The summed E-state index contributed by atoms with van der Waals surface area (Å²) < 4.78 is 1.87. The van der Waals surface area contributed by atoms with E-state index in [-0.39, 0.29) is 11.9 Å². The molecule has 6 nitrogen and oxygen atoms in total. The van der Waals surface area contributed by atoms with Crippen LogP contribution in [0.3, 0.4) is 0 Å². The standard InChI is InChI=1S/C20H23ClN4O2/c1-2-17(24-20(27)11-3-5-13(21)6-4-11)18-15-7-14(8-16(15)18)25-10-12(9-23-25)19(22)26/h3-6,9-10,14-18H,2,7-8H2,1H3,(H2,22,26)(H,24,27). The summed E-state index contributed by atoms with van der Waals surface area (Å²) in [5, 5.41) is 8.12. The topological polar surface area (TPSA) is 90.0 Å². The number of amides is 2. The summed E-state index contributed by atoms with van der Waals surface area (Å²) in [5.74, 6) is 1.24. The number of carbonyl (C=O) groups excluding carboxylic acids is 2. The Kier molecular flexibility index (Phi) is 4.68. The van der Waals surface area contributed by atoms with E-state index in [1.807, 2.05) is 4.68 Å². The number of nitrogens with two attached hydrogens (primary N) is 1. The summed E-state index contributed by atoms with van der Waals surface area (Å²) in [4.78, 5) is 23.8. The summed E-state index contributed by atoms with van der Waals surface area (Å²) >= 11 is 5.89. The minimum Gasteiger partial charge on any atom is -0.366 e. The SMILES string of the molecule is CCC(NC(=O)c1ccc(Cl)cc1)C1C2CC(n3cc(C(N)=O)cn3)CC21. The molecule has 2 saturated carbocycles. The van der Waals surface area contributed by atoms with Crippen molar-refractivity contribution in [2.75, 3.05) is 0 Å². The fourth-order valence-electron chi connectivity index (χ4n) is 4.66. The lowest BCUT2D eigenvalue weighted by Gasteiger charge is -2.21. The monoisotopic (exact) mass is 386 g/mol. The zero-order valence-electron chi connectivity index (χ0n) is 15.1. The van der Waals surface area contributed by atoms with E-state index >= 15 is 0 Å². The quantitative estimate of drug-likeness (QED) is 0.799. The van der Waals surface area contributed by atoms with Gasteiger partial charge in [-0.15, -0.1) is 0 Å². The first-order valence-electron chi connectivity index (χ1n) is 9.38. The Labute approximate surface area is 163 Å². The van der Waals surface area contributed by atoms with E-state index in [1.165, 1.54) is 6.20 Å². The van der Waals surface area contributed by atoms with E-state index < -0.39 is 5.91 Å². The minimum atomic E-state index is -0.446. The van der Waals surface area contributed by atoms with Crippen molar-refractivity contribution in [3.05, 3.63) is 52.8 Å². The molecule has 0 spiro atoms. The van der Waals surface area contributed by atoms with Gasteiger partial charge >= 0.3 is 0 Å². The summed E-state index contributed by atoms with van der Waals surface area (Å²) in [6, 6.07) is 7.47. The van der Waals surface area contributed by atoms with Gasteiger partial charge in [-0.3, -0.25) is 14.3 Å². The number of halogens is 1. The van der Waals surface area contributed by atoms with Crippen LogP contribution in [0.25, 0.3) is 0 Å². The number of primary amides is 1. The third kappa shape index (κ3) is 3.46. The van der Waals surface area contributed by atoms with Crippen LogP contribution >= 0.6 is 11.6 Å². The molecule has 1 heterocycles. The molecule has 2 amide bonds. The van der Waals surface area contributed by atoms with Gasteiger partial charge in [0.2, 0.25) is 0 Å². The van der Waals surface area contributed by atoms with Gasteiger partial charge in [-0.05, 0) is 61.3 Å². The molecule has 1 aromatic heterocycles. The molecule has 3 atom stereocenters. The number of nitrogens with one attached hydrogen (secondary N) is 1. The van der Waals surface area contributed by atoms with E-state index in [2.05, 4.69) is 17.3 Å². The van der Waals surface area contributed by atoms with Crippen LogP contribution < -0.4 is 11.1 Å². The Morgan fingerprint density at radius 2 is 1.93 bits per heavy atom.